The van der Waals surface area contributed by atoms with Crippen molar-refractivity contribution in [2.75, 3.05) is 0 Å². The maximum Gasteiger partial charge on any atom is 1.00 e. The number of hydrogen-bond acceptors (Lipinski definition) is 2. The van der Waals surface area contributed by atoms with E-state index >= 15 is 0 Å². The van der Waals surface area contributed by atoms with E-state index in [0.717, 1.165) is 11.1 Å². The molecule has 0 aliphatic rings. The summed E-state index contributed by atoms with van der Waals surface area (Å²) in [5.74, 6) is -1.05. The number of rotatable bonds is 3. The molecule has 13 heavy (non-hydrogen) atoms. The van der Waals surface area contributed by atoms with Crippen molar-refractivity contribution in [3.63, 3.8) is 0 Å². The van der Waals surface area contributed by atoms with Crippen molar-refractivity contribution in [2.45, 2.75) is 6.42 Å². The largest absolute Gasteiger partial charge is 1.00 e. The van der Waals surface area contributed by atoms with Crippen LogP contribution in [0.5, 0.6) is 0 Å². The van der Waals surface area contributed by atoms with Crippen LogP contribution in [0.15, 0.2) is 30.8 Å². The molecule has 0 spiro atoms. The van der Waals surface area contributed by atoms with Gasteiger partial charge in [0.2, 0.25) is 0 Å². The molecule has 0 heterocycles. The van der Waals surface area contributed by atoms with Gasteiger partial charge >= 0.3 is 29.6 Å². The topological polar surface area (TPSA) is 40.1 Å². The van der Waals surface area contributed by atoms with Gasteiger partial charge in [0.1, 0.15) is 0 Å². The normalized spacial score (nSPS) is 8.62. The van der Waals surface area contributed by atoms with Gasteiger partial charge in [0.05, 0.1) is 0 Å². The Kier molecular flexibility index (Phi) is 5.71. The number of benzene rings is 1. The average Bonchev–Trinajstić information content (AvgIpc) is 2.05. The van der Waals surface area contributed by atoms with Crippen LogP contribution >= 0.6 is 0 Å². The van der Waals surface area contributed by atoms with E-state index in [-0.39, 0.29) is 36.0 Å². The van der Waals surface area contributed by atoms with Gasteiger partial charge in [-0.1, -0.05) is 36.9 Å². The molecule has 0 N–H and O–H groups in total. The van der Waals surface area contributed by atoms with Crippen LogP contribution in [0.2, 0.25) is 0 Å². The van der Waals surface area contributed by atoms with Gasteiger partial charge < -0.3 is 9.90 Å². The van der Waals surface area contributed by atoms with Crippen LogP contribution < -0.4 is 34.7 Å². The first-order valence-electron chi connectivity index (χ1n) is 3.63. The van der Waals surface area contributed by atoms with Crippen LogP contribution in [0.1, 0.15) is 11.1 Å². The Bertz CT molecular complexity index is 290. The Morgan fingerprint density at radius 3 is 2.31 bits per heavy atom. The van der Waals surface area contributed by atoms with E-state index in [9.17, 15) is 9.90 Å². The molecule has 2 nitrogen and oxygen atoms in total. The van der Waals surface area contributed by atoms with Gasteiger partial charge in [0, 0.05) is 12.4 Å². The molecular weight excluding hydrogens is 175 g/mol. The number of carboxylic acids is 1. The molecule has 1 aromatic carbocycles. The number of aliphatic carboxylic acids is 1. The Morgan fingerprint density at radius 2 is 1.92 bits per heavy atom. The second-order valence-electron chi connectivity index (χ2n) is 2.49. The molecule has 0 radical (unpaired) electrons. The van der Waals surface area contributed by atoms with Crippen LogP contribution in [0.4, 0.5) is 0 Å². The smallest absolute Gasteiger partial charge is 0.550 e. The summed E-state index contributed by atoms with van der Waals surface area (Å²) in [5, 5.41) is 10.2. The first-order chi connectivity index (χ1) is 5.72. The van der Waals surface area contributed by atoms with Crippen LogP contribution in [-0.2, 0) is 11.2 Å². The third-order valence-electron chi connectivity index (χ3n) is 1.56. The van der Waals surface area contributed by atoms with E-state index < -0.39 is 5.97 Å². The minimum Gasteiger partial charge on any atom is -0.550 e. The van der Waals surface area contributed by atoms with Gasteiger partial charge in [-0.2, -0.15) is 0 Å². The molecule has 0 aromatic heterocycles. The Labute approximate surface area is 99.6 Å². The van der Waals surface area contributed by atoms with Crippen molar-refractivity contribution in [1.82, 2.24) is 0 Å². The number of carbonyl (C=O) groups is 1. The summed E-state index contributed by atoms with van der Waals surface area (Å²) < 4.78 is 0. The SMILES string of the molecule is C=Cc1ccc(CC(=O)[O-])cc1.[Na+]. The van der Waals surface area contributed by atoms with Gasteiger partial charge in [-0.15, -0.1) is 0 Å². The van der Waals surface area contributed by atoms with Crippen molar-refractivity contribution in [2.24, 2.45) is 0 Å². The van der Waals surface area contributed by atoms with E-state index in [1.54, 1.807) is 18.2 Å². The molecule has 0 amide bonds. The van der Waals surface area contributed by atoms with Crippen molar-refractivity contribution in [1.29, 1.82) is 0 Å². The van der Waals surface area contributed by atoms with Gasteiger partial charge in [-0.05, 0) is 11.1 Å². The van der Waals surface area contributed by atoms with Crippen LogP contribution in [0.3, 0.4) is 0 Å². The fourth-order valence-electron chi connectivity index (χ4n) is 0.938. The summed E-state index contributed by atoms with van der Waals surface area (Å²) in [5.41, 5.74) is 1.73. The first kappa shape index (κ1) is 12.4. The van der Waals surface area contributed by atoms with Crippen molar-refractivity contribution < 1.29 is 39.5 Å². The monoisotopic (exact) mass is 184 g/mol. The van der Waals surface area contributed by atoms with Crippen LogP contribution in [-0.4, -0.2) is 5.97 Å². The molecule has 3 heteroatoms. The molecule has 0 saturated heterocycles. The summed E-state index contributed by atoms with van der Waals surface area (Å²) in [6, 6.07) is 7.16. The van der Waals surface area contributed by atoms with Crippen molar-refractivity contribution >= 4 is 12.0 Å². The number of hydrogen-bond donors (Lipinski definition) is 0. The first-order valence-corrected chi connectivity index (χ1v) is 3.63. The quantitative estimate of drug-likeness (QED) is 0.492. The maximum absolute atomic E-state index is 10.2. The molecule has 0 unspecified atom stereocenters. The second-order valence-corrected chi connectivity index (χ2v) is 2.49. The Morgan fingerprint density at radius 1 is 1.38 bits per heavy atom. The van der Waals surface area contributed by atoms with Gasteiger partial charge in [0.25, 0.3) is 0 Å². The second kappa shape index (κ2) is 5.97. The summed E-state index contributed by atoms with van der Waals surface area (Å²) >= 11 is 0. The van der Waals surface area contributed by atoms with E-state index in [1.165, 1.54) is 0 Å². The molecule has 0 saturated carbocycles. The maximum atomic E-state index is 10.2. The number of carboxylic acid groups (broad SMARTS) is 1. The zero-order valence-corrected chi connectivity index (χ0v) is 9.62. The fraction of sp³-hybridized carbons (Fsp3) is 0.100. The average molecular weight is 184 g/mol. The minimum absolute atomic E-state index is 0. The van der Waals surface area contributed by atoms with E-state index in [2.05, 4.69) is 6.58 Å². The molecule has 1 aromatic rings. The van der Waals surface area contributed by atoms with Gasteiger partial charge in [-0.3, -0.25) is 0 Å². The molecule has 0 atom stereocenters. The summed E-state index contributed by atoms with van der Waals surface area (Å²) in [6.45, 7) is 3.59. The fourth-order valence-corrected chi connectivity index (χ4v) is 0.938. The predicted molar refractivity (Wildman–Crippen MR) is 45.2 cm³/mol. The van der Waals surface area contributed by atoms with Crippen LogP contribution in [0.25, 0.3) is 6.08 Å². The van der Waals surface area contributed by atoms with Crippen molar-refractivity contribution in [3.8, 4) is 0 Å². The molecule has 0 aliphatic carbocycles. The Hall–Kier alpha value is -0.570. The minimum atomic E-state index is -1.05. The molecule has 0 aliphatic heterocycles. The molecule has 0 bridgehead atoms. The summed E-state index contributed by atoms with van der Waals surface area (Å²) in [4.78, 5) is 10.2. The number of carbonyl (C=O) groups excluding carboxylic acids is 1. The third kappa shape index (κ3) is 4.27. The van der Waals surface area contributed by atoms with E-state index in [0.29, 0.717) is 0 Å². The van der Waals surface area contributed by atoms with Gasteiger partial charge in [-0.25, -0.2) is 0 Å². The molecular formula is C10H9NaO2. The van der Waals surface area contributed by atoms with Gasteiger partial charge in [0.15, 0.2) is 0 Å². The van der Waals surface area contributed by atoms with Crippen LogP contribution in [0, 0.1) is 0 Å². The zero-order chi connectivity index (χ0) is 8.97. The summed E-state index contributed by atoms with van der Waals surface area (Å²) in [7, 11) is 0. The van der Waals surface area contributed by atoms with Crippen molar-refractivity contribution in [3.05, 3.63) is 42.0 Å². The summed E-state index contributed by atoms with van der Waals surface area (Å²) in [6.07, 6.45) is 1.68. The molecule has 1 rings (SSSR count). The van der Waals surface area contributed by atoms with E-state index in [1.807, 2.05) is 12.1 Å². The zero-order valence-electron chi connectivity index (χ0n) is 7.62. The molecule has 0 fully saturated rings. The standard InChI is InChI=1S/C10H10O2.Na/c1-2-8-3-5-9(6-4-8)7-10(11)12;/h2-6H,1,7H2,(H,11,12);/q;+1/p-1. The third-order valence-corrected chi connectivity index (χ3v) is 1.56. The molecule has 62 valence electrons. The predicted octanol–water partition coefficient (Wildman–Crippen LogP) is -2.37. The van der Waals surface area contributed by atoms with E-state index in [4.69, 9.17) is 0 Å². The Balaban J connectivity index is 0.00000144.